The molecule has 1 amide bonds. The highest BCUT2D eigenvalue weighted by atomic mass is 19.1. The number of carbonyl (C=O) groups is 1. The molecule has 0 saturated heterocycles. The summed E-state index contributed by atoms with van der Waals surface area (Å²) in [5.74, 6) is 0.312. The molecule has 0 heterocycles. The summed E-state index contributed by atoms with van der Waals surface area (Å²) in [7, 11) is 3.36. The van der Waals surface area contributed by atoms with Crippen molar-refractivity contribution in [1.82, 2.24) is 5.32 Å². The van der Waals surface area contributed by atoms with Gasteiger partial charge in [0.15, 0.2) is 23.1 Å². The van der Waals surface area contributed by atoms with Gasteiger partial charge in [0, 0.05) is 18.2 Å². The zero-order chi connectivity index (χ0) is 18.2. The van der Waals surface area contributed by atoms with Crippen LogP contribution in [-0.2, 0) is 4.79 Å². The SMILES string of the molecule is CNCCCC(=O)Nc1ccc(Oc2ccc(C)cc2OC)c(F)c1. The molecule has 2 rings (SSSR count). The highest BCUT2D eigenvalue weighted by molar-refractivity contribution is 5.90. The van der Waals surface area contributed by atoms with E-state index in [9.17, 15) is 9.18 Å². The summed E-state index contributed by atoms with van der Waals surface area (Å²) in [6.07, 6.45) is 1.10. The van der Waals surface area contributed by atoms with Crippen molar-refractivity contribution in [2.75, 3.05) is 26.0 Å². The maximum absolute atomic E-state index is 14.3. The van der Waals surface area contributed by atoms with E-state index in [2.05, 4.69) is 10.6 Å². The third kappa shape index (κ3) is 5.46. The molecule has 0 radical (unpaired) electrons. The summed E-state index contributed by atoms with van der Waals surface area (Å²) in [6, 6.07) is 9.73. The van der Waals surface area contributed by atoms with Crippen molar-refractivity contribution < 1.29 is 18.7 Å². The molecule has 0 saturated carbocycles. The van der Waals surface area contributed by atoms with E-state index < -0.39 is 5.82 Å². The molecule has 2 aromatic carbocycles. The Hall–Kier alpha value is -2.60. The minimum atomic E-state index is -0.560. The summed E-state index contributed by atoms with van der Waals surface area (Å²) in [4.78, 5) is 11.8. The lowest BCUT2D eigenvalue weighted by Crippen LogP contribution is -2.15. The van der Waals surface area contributed by atoms with Crippen LogP contribution in [0, 0.1) is 12.7 Å². The fraction of sp³-hybridized carbons (Fsp3) is 0.316. The first-order chi connectivity index (χ1) is 12.0. The number of carbonyl (C=O) groups excluding carboxylic acids is 1. The molecule has 6 heteroatoms. The smallest absolute Gasteiger partial charge is 0.224 e. The number of anilines is 1. The van der Waals surface area contributed by atoms with Crippen LogP contribution in [0.25, 0.3) is 0 Å². The quantitative estimate of drug-likeness (QED) is 0.712. The van der Waals surface area contributed by atoms with E-state index in [1.807, 2.05) is 26.1 Å². The second kappa shape index (κ2) is 9.03. The van der Waals surface area contributed by atoms with Gasteiger partial charge in [-0.25, -0.2) is 4.39 Å². The zero-order valence-electron chi connectivity index (χ0n) is 14.7. The summed E-state index contributed by atoms with van der Waals surface area (Å²) < 4.78 is 25.1. The summed E-state index contributed by atoms with van der Waals surface area (Å²) >= 11 is 0. The topological polar surface area (TPSA) is 59.6 Å². The minimum absolute atomic E-state index is 0.0651. The van der Waals surface area contributed by atoms with E-state index in [0.717, 1.165) is 18.5 Å². The Labute approximate surface area is 147 Å². The summed E-state index contributed by atoms with van der Waals surface area (Å²) in [5, 5.41) is 5.65. The van der Waals surface area contributed by atoms with Crippen LogP contribution in [0.15, 0.2) is 36.4 Å². The molecule has 0 fully saturated rings. The molecule has 0 atom stereocenters. The molecule has 0 bridgehead atoms. The van der Waals surface area contributed by atoms with Crippen molar-refractivity contribution in [2.45, 2.75) is 19.8 Å². The highest BCUT2D eigenvalue weighted by Gasteiger charge is 2.11. The second-order valence-corrected chi connectivity index (χ2v) is 5.66. The maximum Gasteiger partial charge on any atom is 0.224 e. The second-order valence-electron chi connectivity index (χ2n) is 5.66. The molecule has 25 heavy (non-hydrogen) atoms. The maximum atomic E-state index is 14.3. The largest absolute Gasteiger partial charge is 0.493 e. The van der Waals surface area contributed by atoms with E-state index in [1.54, 1.807) is 12.1 Å². The Balaban J connectivity index is 2.06. The van der Waals surface area contributed by atoms with Crippen molar-refractivity contribution in [2.24, 2.45) is 0 Å². The van der Waals surface area contributed by atoms with Gasteiger partial charge < -0.3 is 20.1 Å². The molecule has 5 nitrogen and oxygen atoms in total. The van der Waals surface area contributed by atoms with Crippen LogP contribution in [0.2, 0.25) is 0 Å². The molecular weight excluding hydrogens is 323 g/mol. The van der Waals surface area contributed by atoms with Crippen molar-refractivity contribution >= 4 is 11.6 Å². The van der Waals surface area contributed by atoms with Gasteiger partial charge in [-0.05, 0) is 56.8 Å². The zero-order valence-corrected chi connectivity index (χ0v) is 14.7. The number of rotatable bonds is 8. The number of benzene rings is 2. The van der Waals surface area contributed by atoms with Gasteiger partial charge >= 0.3 is 0 Å². The number of amides is 1. The lowest BCUT2D eigenvalue weighted by atomic mass is 10.2. The molecular formula is C19H23FN2O3. The van der Waals surface area contributed by atoms with Crippen LogP contribution >= 0.6 is 0 Å². The fourth-order valence-corrected chi connectivity index (χ4v) is 2.29. The summed E-state index contributed by atoms with van der Waals surface area (Å²) in [5.41, 5.74) is 1.41. The van der Waals surface area contributed by atoms with Gasteiger partial charge in [-0.15, -0.1) is 0 Å². The Morgan fingerprint density at radius 2 is 1.88 bits per heavy atom. The average Bonchev–Trinajstić information content (AvgIpc) is 2.58. The molecule has 2 aromatic rings. The third-order valence-electron chi connectivity index (χ3n) is 3.59. The van der Waals surface area contributed by atoms with Crippen LogP contribution in [0.3, 0.4) is 0 Å². The Kier molecular flexibility index (Phi) is 6.77. The minimum Gasteiger partial charge on any atom is -0.493 e. The van der Waals surface area contributed by atoms with Crippen LogP contribution in [0.1, 0.15) is 18.4 Å². The van der Waals surface area contributed by atoms with E-state index in [4.69, 9.17) is 9.47 Å². The van der Waals surface area contributed by atoms with Gasteiger partial charge in [0.1, 0.15) is 0 Å². The molecule has 0 aliphatic rings. The van der Waals surface area contributed by atoms with Gasteiger partial charge in [0.25, 0.3) is 0 Å². The number of methoxy groups -OCH3 is 1. The molecule has 0 aliphatic heterocycles. The van der Waals surface area contributed by atoms with Crippen molar-refractivity contribution in [3.63, 3.8) is 0 Å². The Morgan fingerprint density at radius 1 is 1.12 bits per heavy atom. The van der Waals surface area contributed by atoms with Crippen LogP contribution in [0.4, 0.5) is 10.1 Å². The molecule has 134 valence electrons. The van der Waals surface area contributed by atoms with Gasteiger partial charge in [-0.3, -0.25) is 4.79 Å². The van der Waals surface area contributed by atoms with Gasteiger partial charge in [0.05, 0.1) is 7.11 Å². The van der Waals surface area contributed by atoms with Crippen molar-refractivity contribution in [3.8, 4) is 17.2 Å². The molecule has 0 aromatic heterocycles. The first kappa shape index (κ1) is 18.7. The average molecular weight is 346 g/mol. The van der Waals surface area contributed by atoms with Crippen LogP contribution in [0.5, 0.6) is 17.2 Å². The number of ether oxygens (including phenoxy) is 2. The lowest BCUT2D eigenvalue weighted by molar-refractivity contribution is -0.116. The molecule has 2 N–H and O–H groups in total. The highest BCUT2D eigenvalue weighted by Crippen LogP contribution is 2.34. The van der Waals surface area contributed by atoms with Gasteiger partial charge in [-0.1, -0.05) is 6.07 Å². The first-order valence-corrected chi connectivity index (χ1v) is 8.10. The van der Waals surface area contributed by atoms with E-state index >= 15 is 0 Å². The van der Waals surface area contributed by atoms with Crippen LogP contribution < -0.4 is 20.1 Å². The van der Waals surface area contributed by atoms with Gasteiger partial charge in [0.2, 0.25) is 5.91 Å². The first-order valence-electron chi connectivity index (χ1n) is 8.10. The van der Waals surface area contributed by atoms with E-state index in [1.165, 1.54) is 19.2 Å². The standard InChI is InChI=1S/C19H23FN2O3/c1-13-6-8-17(18(11-13)24-3)25-16-9-7-14(12-15(16)20)22-19(23)5-4-10-21-2/h6-9,11-12,21H,4-5,10H2,1-3H3,(H,22,23). The van der Waals surface area contributed by atoms with E-state index in [0.29, 0.717) is 23.6 Å². The normalized spacial score (nSPS) is 10.4. The third-order valence-corrected chi connectivity index (χ3v) is 3.59. The molecule has 0 aliphatic carbocycles. The number of aryl methyl sites for hydroxylation is 1. The predicted octanol–water partition coefficient (Wildman–Crippen LogP) is 3.87. The van der Waals surface area contributed by atoms with E-state index in [-0.39, 0.29) is 11.7 Å². The fourth-order valence-electron chi connectivity index (χ4n) is 2.29. The van der Waals surface area contributed by atoms with Crippen molar-refractivity contribution in [3.05, 3.63) is 47.8 Å². The number of halogens is 1. The summed E-state index contributed by atoms with van der Waals surface area (Å²) in [6.45, 7) is 2.69. The monoisotopic (exact) mass is 346 g/mol. The van der Waals surface area contributed by atoms with Crippen LogP contribution in [-0.4, -0.2) is 26.6 Å². The predicted molar refractivity (Wildman–Crippen MR) is 96.0 cm³/mol. The molecule has 0 spiro atoms. The Bertz CT molecular complexity index is 735. The Morgan fingerprint density at radius 3 is 2.56 bits per heavy atom. The number of hydrogen-bond acceptors (Lipinski definition) is 4. The lowest BCUT2D eigenvalue weighted by Gasteiger charge is -2.12. The van der Waals surface area contributed by atoms with Crippen molar-refractivity contribution in [1.29, 1.82) is 0 Å². The number of hydrogen-bond donors (Lipinski definition) is 2. The number of nitrogens with one attached hydrogen (secondary N) is 2. The van der Waals surface area contributed by atoms with Gasteiger partial charge in [-0.2, -0.15) is 0 Å². The molecule has 0 unspecified atom stereocenters.